The third-order valence-electron chi connectivity index (χ3n) is 6.42. The lowest BCUT2D eigenvalue weighted by atomic mass is 9.96. The van der Waals surface area contributed by atoms with Crippen LogP contribution >= 0.6 is 0 Å². The number of aromatic nitrogens is 2. The highest BCUT2D eigenvalue weighted by Crippen LogP contribution is 2.28. The van der Waals surface area contributed by atoms with Crippen molar-refractivity contribution in [2.24, 2.45) is 5.92 Å². The standard InChI is InChI=1S/C27H32N4O3/c1-19-6-4-5-7-22(19)23-9-11-26(30-29-23)31-16-13-21(14-17-31)27(32)28-15-12-20-8-10-24(33-2)25(18-20)34-3/h4-11,18,21H,12-17H2,1-3H3,(H,28,32). The molecule has 1 saturated heterocycles. The second kappa shape index (κ2) is 11.0. The Hall–Kier alpha value is -3.61. The molecule has 1 N–H and O–H groups in total. The molecule has 2 heterocycles. The molecule has 4 rings (SSSR count). The van der Waals surface area contributed by atoms with Crippen LogP contribution in [0.5, 0.6) is 11.5 Å². The van der Waals surface area contributed by atoms with Crippen molar-refractivity contribution in [3.63, 3.8) is 0 Å². The van der Waals surface area contributed by atoms with E-state index in [4.69, 9.17) is 9.47 Å². The molecule has 2 aromatic carbocycles. The van der Waals surface area contributed by atoms with Gasteiger partial charge in [0.05, 0.1) is 19.9 Å². The number of carbonyl (C=O) groups is 1. The Morgan fingerprint density at radius 1 is 1.00 bits per heavy atom. The molecule has 178 valence electrons. The lowest BCUT2D eigenvalue weighted by molar-refractivity contribution is -0.125. The molecule has 1 aliphatic heterocycles. The number of aryl methyl sites for hydroxylation is 1. The maximum Gasteiger partial charge on any atom is 0.223 e. The Labute approximate surface area is 201 Å². The molecule has 1 aromatic heterocycles. The second-order valence-electron chi connectivity index (χ2n) is 8.58. The molecule has 7 heteroatoms. The molecule has 1 fully saturated rings. The summed E-state index contributed by atoms with van der Waals surface area (Å²) in [5.41, 5.74) is 4.26. The minimum atomic E-state index is 0.0286. The summed E-state index contributed by atoms with van der Waals surface area (Å²) in [6, 6.07) is 18.1. The number of carbonyl (C=O) groups excluding carboxylic acids is 1. The zero-order valence-corrected chi connectivity index (χ0v) is 20.1. The van der Waals surface area contributed by atoms with Crippen molar-refractivity contribution in [1.29, 1.82) is 0 Å². The van der Waals surface area contributed by atoms with Gasteiger partial charge >= 0.3 is 0 Å². The van der Waals surface area contributed by atoms with E-state index in [1.807, 2.05) is 42.5 Å². The summed E-state index contributed by atoms with van der Waals surface area (Å²) in [6.07, 6.45) is 2.36. The number of piperidine rings is 1. The van der Waals surface area contributed by atoms with E-state index in [9.17, 15) is 4.79 Å². The van der Waals surface area contributed by atoms with E-state index in [0.717, 1.165) is 55.0 Å². The molecule has 3 aromatic rings. The molecule has 1 amide bonds. The van der Waals surface area contributed by atoms with Crippen LogP contribution in [-0.2, 0) is 11.2 Å². The number of rotatable bonds is 8. The summed E-state index contributed by atoms with van der Waals surface area (Å²) in [7, 11) is 3.25. The molecule has 0 aliphatic carbocycles. The van der Waals surface area contributed by atoms with E-state index in [2.05, 4.69) is 39.5 Å². The topological polar surface area (TPSA) is 76.6 Å². The van der Waals surface area contributed by atoms with E-state index in [1.165, 1.54) is 5.56 Å². The number of nitrogens with zero attached hydrogens (tertiary/aromatic N) is 3. The smallest absolute Gasteiger partial charge is 0.223 e. The molecule has 7 nitrogen and oxygen atoms in total. The van der Waals surface area contributed by atoms with Gasteiger partial charge in [0.15, 0.2) is 17.3 Å². The Bertz CT molecular complexity index is 1110. The first-order valence-corrected chi connectivity index (χ1v) is 11.7. The first-order valence-electron chi connectivity index (χ1n) is 11.7. The highest BCUT2D eigenvalue weighted by molar-refractivity contribution is 5.79. The van der Waals surface area contributed by atoms with Crippen molar-refractivity contribution in [1.82, 2.24) is 15.5 Å². The fourth-order valence-electron chi connectivity index (χ4n) is 4.38. The molecule has 0 bridgehead atoms. The normalized spacial score (nSPS) is 14.0. The Balaban J connectivity index is 1.25. The Morgan fingerprint density at radius 3 is 2.44 bits per heavy atom. The minimum absolute atomic E-state index is 0.0286. The van der Waals surface area contributed by atoms with Gasteiger partial charge in [-0.2, -0.15) is 0 Å². The molecule has 1 aliphatic rings. The number of hydrogen-bond acceptors (Lipinski definition) is 6. The summed E-state index contributed by atoms with van der Waals surface area (Å²) in [4.78, 5) is 14.9. The maximum atomic E-state index is 12.7. The number of ether oxygens (including phenoxy) is 2. The van der Waals surface area contributed by atoms with Crippen LogP contribution in [0, 0.1) is 12.8 Å². The van der Waals surface area contributed by atoms with Gasteiger partial charge in [-0.1, -0.05) is 30.3 Å². The number of methoxy groups -OCH3 is 2. The van der Waals surface area contributed by atoms with Crippen LogP contribution in [-0.4, -0.2) is 50.0 Å². The fraction of sp³-hybridized carbons (Fsp3) is 0.370. The van der Waals surface area contributed by atoms with Crippen LogP contribution in [0.25, 0.3) is 11.3 Å². The zero-order chi connectivity index (χ0) is 23.9. The maximum absolute atomic E-state index is 12.7. The van der Waals surface area contributed by atoms with Crippen LogP contribution in [0.4, 0.5) is 5.82 Å². The van der Waals surface area contributed by atoms with Gasteiger partial charge in [0, 0.05) is 31.1 Å². The van der Waals surface area contributed by atoms with Crippen LogP contribution in [0.3, 0.4) is 0 Å². The Kier molecular flexibility index (Phi) is 7.62. The van der Waals surface area contributed by atoms with Crippen molar-refractivity contribution in [3.8, 4) is 22.8 Å². The second-order valence-corrected chi connectivity index (χ2v) is 8.58. The van der Waals surface area contributed by atoms with Gasteiger partial charge in [0.25, 0.3) is 0 Å². The van der Waals surface area contributed by atoms with E-state index in [0.29, 0.717) is 18.0 Å². The predicted molar refractivity (Wildman–Crippen MR) is 133 cm³/mol. The number of nitrogens with one attached hydrogen (secondary N) is 1. The SMILES string of the molecule is COc1ccc(CCNC(=O)C2CCN(c3ccc(-c4ccccc4C)nn3)CC2)cc1OC. The van der Waals surface area contributed by atoms with Crippen molar-refractivity contribution >= 4 is 11.7 Å². The van der Waals surface area contributed by atoms with E-state index in [1.54, 1.807) is 14.2 Å². The van der Waals surface area contributed by atoms with Crippen molar-refractivity contribution in [3.05, 3.63) is 65.7 Å². The monoisotopic (exact) mass is 460 g/mol. The zero-order valence-electron chi connectivity index (χ0n) is 20.1. The van der Waals surface area contributed by atoms with Crippen molar-refractivity contribution in [2.75, 3.05) is 38.8 Å². The third kappa shape index (κ3) is 5.47. The van der Waals surface area contributed by atoms with E-state index < -0.39 is 0 Å². The highest BCUT2D eigenvalue weighted by atomic mass is 16.5. The van der Waals surface area contributed by atoms with Crippen LogP contribution in [0.2, 0.25) is 0 Å². The molecule has 34 heavy (non-hydrogen) atoms. The molecule has 0 unspecified atom stereocenters. The molecule has 0 atom stereocenters. The number of amides is 1. The first-order chi connectivity index (χ1) is 16.6. The molecule has 0 saturated carbocycles. The number of benzene rings is 2. The molecule has 0 radical (unpaired) electrons. The lowest BCUT2D eigenvalue weighted by Crippen LogP contribution is -2.41. The quantitative estimate of drug-likeness (QED) is 0.547. The van der Waals surface area contributed by atoms with Gasteiger partial charge in [-0.05, 0) is 61.6 Å². The van der Waals surface area contributed by atoms with Gasteiger partial charge in [0.1, 0.15) is 0 Å². The van der Waals surface area contributed by atoms with Gasteiger partial charge in [-0.3, -0.25) is 4.79 Å². The van der Waals surface area contributed by atoms with Crippen molar-refractivity contribution < 1.29 is 14.3 Å². The highest BCUT2D eigenvalue weighted by Gasteiger charge is 2.25. The number of anilines is 1. The predicted octanol–water partition coefficient (Wildman–Crippen LogP) is 4.04. The lowest BCUT2D eigenvalue weighted by Gasteiger charge is -2.31. The Morgan fingerprint density at radius 2 is 1.76 bits per heavy atom. The molecular weight excluding hydrogens is 428 g/mol. The average molecular weight is 461 g/mol. The van der Waals surface area contributed by atoms with Gasteiger partial charge in [-0.15, -0.1) is 10.2 Å². The van der Waals surface area contributed by atoms with Crippen molar-refractivity contribution in [2.45, 2.75) is 26.2 Å². The molecular formula is C27H32N4O3. The summed E-state index contributed by atoms with van der Waals surface area (Å²) < 4.78 is 10.6. The van der Waals surface area contributed by atoms with Crippen LogP contribution < -0.4 is 19.7 Å². The first kappa shape index (κ1) is 23.5. The largest absolute Gasteiger partial charge is 0.493 e. The van der Waals surface area contributed by atoms with E-state index >= 15 is 0 Å². The van der Waals surface area contributed by atoms with Crippen LogP contribution in [0.15, 0.2) is 54.6 Å². The average Bonchev–Trinajstić information content (AvgIpc) is 2.89. The summed E-state index contributed by atoms with van der Waals surface area (Å²) in [5, 5.41) is 12.0. The van der Waals surface area contributed by atoms with Gasteiger partial charge < -0.3 is 19.7 Å². The number of hydrogen-bond donors (Lipinski definition) is 1. The summed E-state index contributed by atoms with van der Waals surface area (Å²) in [5.74, 6) is 2.43. The van der Waals surface area contributed by atoms with E-state index in [-0.39, 0.29) is 11.8 Å². The summed E-state index contributed by atoms with van der Waals surface area (Å²) in [6.45, 7) is 4.27. The molecule has 0 spiro atoms. The third-order valence-corrected chi connectivity index (χ3v) is 6.42. The summed E-state index contributed by atoms with van der Waals surface area (Å²) >= 11 is 0. The van der Waals surface area contributed by atoms with Crippen LogP contribution in [0.1, 0.15) is 24.0 Å². The fourth-order valence-corrected chi connectivity index (χ4v) is 4.38. The van der Waals surface area contributed by atoms with Gasteiger partial charge in [-0.25, -0.2) is 0 Å². The minimum Gasteiger partial charge on any atom is -0.493 e. The van der Waals surface area contributed by atoms with Gasteiger partial charge in [0.2, 0.25) is 5.91 Å².